The van der Waals surface area contributed by atoms with Crippen molar-refractivity contribution in [2.24, 2.45) is 0 Å². The molecule has 1 atom stereocenters. The zero-order valence-electron chi connectivity index (χ0n) is 8.67. The molecule has 0 unspecified atom stereocenters. The number of aromatic nitrogens is 1. The van der Waals surface area contributed by atoms with Crippen molar-refractivity contribution in [3.05, 3.63) is 24.0 Å². The van der Waals surface area contributed by atoms with E-state index in [9.17, 15) is 0 Å². The molecule has 0 aromatic carbocycles. The third kappa shape index (κ3) is 3.05. The van der Waals surface area contributed by atoms with E-state index in [-0.39, 0.29) is 0 Å². The monoisotopic (exact) mass is 178 g/mol. The normalized spacial score (nSPS) is 12.5. The zero-order valence-corrected chi connectivity index (χ0v) is 8.67. The molecule has 1 rings (SSSR count). The van der Waals surface area contributed by atoms with E-state index in [4.69, 9.17) is 0 Å². The van der Waals surface area contributed by atoms with Gasteiger partial charge in [-0.2, -0.15) is 0 Å². The van der Waals surface area contributed by atoms with Crippen LogP contribution >= 0.6 is 0 Å². The van der Waals surface area contributed by atoms with Crippen LogP contribution in [-0.4, -0.2) is 11.0 Å². The number of anilines is 1. The molecule has 13 heavy (non-hydrogen) atoms. The molecule has 0 spiro atoms. The third-order valence-electron chi connectivity index (χ3n) is 2.13. The van der Waals surface area contributed by atoms with Crippen LogP contribution in [0.1, 0.15) is 32.4 Å². The Hall–Kier alpha value is -1.05. The molecule has 0 saturated heterocycles. The average Bonchev–Trinajstić information content (AvgIpc) is 2.09. The second-order valence-electron chi connectivity index (χ2n) is 3.47. The predicted octanol–water partition coefficient (Wildman–Crippen LogP) is 2.99. The molecule has 2 heteroatoms. The van der Waals surface area contributed by atoms with Gasteiger partial charge in [0.2, 0.25) is 0 Å². The van der Waals surface area contributed by atoms with E-state index >= 15 is 0 Å². The van der Waals surface area contributed by atoms with E-state index < -0.39 is 0 Å². The van der Waals surface area contributed by atoms with Crippen molar-refractivity contribution in [2.45, 2.75) is 39.7 Å². The number of nitrogens with zero attached hydrogens (tertiary/aromatic N) is 1. The first kappa shape index (κ1) is 10.0. The smallest absolute Gasteiger partial charge is 0.0603 e. The van der Waals surface area contributed by atoms with Crippen LogP contribution in [0.5, 0.6) is 0 Å². The molecule has 0 saturated carbocycles. The van der Waals surface area contributed by atoms with Gasteiger partial charge in [0, 0.05) is 12.2 Å². The first-order valence-electron chi connectivity index (χ1n) is 4.92. The van der Waals surface area contributed by atoms with Crippen LogP contribution in [0.15, 0.2) is 18.3 Å². The summed E-state index contributed by atoms with van der Waals surface area (Å²) in [6, 6.07) is 4.58. The summed E-state index contributed by atoms with van der Waals surface area (Å²) in [5.41, 5.74) is 2.23. The Morgan fingerprint density at radius 2 is 2.31 bits per heavy atom. The van der Waals surface area contributed by atoms with Crippen molar-refractivity contribution in [3.63, 3.8) is 0 Å². The molecular weight excluding hydrogens is 160 g/mol. The highest BCUT2D eigenvalue weighted by molar-refractivity contribution is 5.47. The maximum Gasteiger partial charge on any atom is 0.0603 e. The van der Waals surface area contributed by atoms with Gasteiger partial charge in [0.05, 0.1) is 11.4 Å². The Bertz CT molecular complexity index is 258. The number of nitrogens with one attached hydrogen (secondary N) is 1. The van der Waals surface area contributed by atoms with Crippen molar-refractivity contribution in [1.82, 2.24) is 4.98 Å². The van der Waals surface area contributed by atoms with Crippen molar-refractivity contribution in [2.75, 3.05) is 5.32 Å². The van der Waals surface area contributed by atoms with Crippen molar-refractivity contribution < 1.29 is 0 Å². The van der Waals surface area contributed by atoms with Crippen LogP contribution in [0.3, 0.4) is 0 Å². The van der Waals surface area contributed by atoms with Crippen LogP contribution in [0.4, 0.5) is 5.69 Å². The van der Waals surface area contributed by atoms with E-state index in [1.807, 2.05) is 19.2 Å². The molecule has 0 bridgehead atoms. The van der Waals surface area contributed by atoms with E-state index in [1.165, 1.54) is 12.8 Å². The van der Waals surface area contributed by atoms with Crippen LogP contribution in [0.25, 0.3) is 0 Å². The molecule has 0 aliphatic rings. The Balaban J connectivity index is 2.58. The van der Waals surface area contributed by atoms with Gasteiger partial charge in [-0.15, -0.1) is 0 Å². The molecule has 72 valence electrons. The average molecular weight is 178 g/mol. The van der Waals surface area contributed by atoms with Gasteiger partial charge in [-0.3, -0.25) is 4.98 Å². The molecule has 1 N–H and O–H groups in total. The molecule has 0 aliphatic carbocycles. The quantitative estimate of drug-likeness (QED) is 0.766. The highest BCUT2D eigenvalue weighted by atomic mass is 14.9. The Labute approximate surface area is 80.4 Å². The van der Waals surface area contributed by atoms with Gasteiger partial charge in [0.25, 0.3) is 0 Å². The van der Waals surface area contributed by atoms with Crippen LogP contribution in [-0.2, 0) is 0 Å². The summed E-state index contributed by atoms with van der Waals surface area (Å²) in [7, 11) is 0. The largest absolute Gasteiger partial charge is 0.381 e. The molecule has 1 heterocycles. The SMILES string of the molecule is CCC[C@@H](C)Nc1cccnc1C. The van der Waals surface area contributed by atoms with Crippen molar-refractivity contribution >= 4 is 5.69 Å². The van der Waals surface area contributed by atoms with Crippen LogP contribution in [0, 0.1) is 6.92 Å². The summed E-state index contributed by atoms with van der Waals surface area (Å²) in [6.07, 6.45) is 4.24. The summed E-state index contributed by atoms with van der Waals surface area (Å²) in [4.78, 5) is 4.23. The molecule has 0 amide bonds. The van der Waals surface area contributed by atoms with E-state index in [0.717, 1.165) is 11.4 Å². The van der Waals surface area contributed by atoms with Crippen molar-refractivity contribution in [3.8, 4) is 0 Å². The number of pyridine rings is 1. The fraction of sp³-hybridized carbons (Fsp3) is 0.545. The first-order valence-corrected chi connectivity index (χ1v) is 4.92. The first-order chi connectivity index (χ1) is 6.24. The minimum atomic E-state index is 0.535. The topological polar surface area (TPSA) is 24.9 Å². The lowest BCUT2D eigenvalue weighted by atomic mass is 10.2. The Morgan fingerprint density at radius 3 is 2.92 bits per heavy atom. The van der Waals surface area contributed by atoms with Gasteiger partial charge in [-0.05, 0) is 32.4 Å². The number of rotatable bonds is 4. The summed E-state index contributed by atoms with van der Waals surface area (Å²) in [5.74, 6) is 0. The fourth-order valence-electron chi connectivity index (χ4n) is 1.41. The summed E-state index contributed by atoms with van der Waals surface area (Å²) >= 11 is 0. The lowest BCUT2D eigenvalue weighted by Crippen LogP contribution is -2.15. The van der Waals surface area contributed by atoms with Crippen molar-refractivity contribution in [1.29, 1.82) is 0 Å². The highest BCUT2D eigenvalue weighted by Gasteiger charge is 2.02. The van der Waals surface area contributed by atoms with Gasteiger partial charge in [-0.25, -0.2) is 0 Å². The molecule has 2 nitrogen and oxygen atoms in total. The fourth-order valence-corrected chi connectivity index (χ4v) is 1.41. The van der Waals surface area contributed by atoms with Gasteiger partial charge in [-0.1, -0.05) is 13.3 Å². The van der Waals surface area contributed by atoms with E-state index in [1.54, 1.807) is 0 Å². The summed E-state index contributed by atoms with van der Waals surface area (Å²) in [6.45, 7) is 6.44. The van der Waals surface area contributed by atoms with Gasteiger partial charge < -0.3 is 5.32 Å². The minimum Gasteiger partial charge on any atom is -0.381 e. The Morgan fingerprint density at radius 1 is 1.54 bits per heavy atom. The standard InChI is InChI=1S/C11H18N2/c1-4-6-9(2)13-11-7-5-8-12-10(11)3/h5,7-9,13H,4,6H2,1-3H3/t9-/m1/s1. The summed E-state index contributed by atoms with van der Waals surface area (Å²) < 4.78 is 0. The lowest BCUT2D eigenvalue weighted by Gasteiger charge is -2.15. The molecular formula is C11H18N2. The number of hydrogen-bond donors (Lipinski definition) is 1. The third-order valence-corrected chi connectivity index (χ3v) is 2.13. The maximum atomic E-state index is 4.23. The van der Waals surface area contributed by atoms with E-state index in [0.29, 0.717) is 6.04 Å². The highest BCUT2D eigenvalue weighted by Crippen LogP contribution is 2.13. The maximum absolute atomic E-state index is 4.23. The second kappa shape index (κ2) is 4.85. The number of aryl methyl sites for hydroxylation is 1. The van der Waals surface area contributed by atoms with Gasteiger partial charge in [0.1, 0.15) is 0 Å². The van der Waals surface area contributed by atoms with E-state index in [2.05, 4.69) is 30.2 Å². The van der Waals surface area contributed by atoms with Crippen LogP contribution in [0.2, 0.25) is 0 Å². The molecule has 0 radical (unpaired) electrons. The molecule has 0 fully saturated rings. The van der Waals surface area contributed by atoms with Gasteiger partial charge >= 0.3 is 0 Å². The molecule has 1 aromatic heterocycles. The minimum absolute atomic E-state index is 0.535. The second-order valence-corrected chi connectivity index (χ2v) is 3.47. The molecule has 0 aliphatic heterocycles. The Kier molecular flexibility index (Phi) is 3.74. The zero-order chi connectivity index (χ0) is 9.68. The predicted molar refractivity (Wildman–Crippen MR) is 57.0 cm³/mol. The summed E-state index contributed by atoms with van der Waals surface area (Å²) in [5, 5.41) is 3.45. The molecule has 1 aromatic rings. The lowest BCUT2D eigenvalue weighted by molar-refractivity contribution is 0.689. The number of hydrogen-bond acceptors (Lipinski definition) is 2. The van der Waals surface area contributed by atoms with Crippen LogP contribution < -0.4 is 5.32 Å². The van der Waals surface area contributed by atoms with Gasteiger partial charge in [0.15, 0.2) is 0 Å².